The molecule has 154 valence electrons. The van der Waals surface area contributed by atoms with E-state index in [1.165, 1.54) is 25.4 Å². The van der Waals surface area contributed by atoms with Crippen LogP contribution in [0.4, 0.5) is 5.00 Å². The van der Waals surface area contributed by atoms with Crippen LogP contribution in [0.3, 0.4) is 0 Å². The van der Waals surface area contributed by atoms with Crippen molar-refractivity contribution in [2.24, 2.45) is 0 Å². The van der Waals surface area contributed by atoms with Crippen molar-refractivity contribution in [2.45, 2.75) is 45.4 Å². The zero-order chi connectivity index (χ0) is 20.6. The van der Waals surface area contributed by atoms with Crippen molar-refractivity contribution < 1.29 is 23.8 Å². The van der Waals surface area contributed by atoms with Crippen molar-refractivity contribution >= 4 is 28.2 Å². The number of esters is 1. The minimum atomic E-state index is -0.598. The lowest BCUT2D eigenvalue weighted by atomic mass is 9.90. The van der Waals surface area contributed by atoms with Crippen LogP contribution in [-0.2, 0) is 38.4 Å². The van der Waals surface area contributed by atoms with Gasteiger partial charge in [0.05, 0.1) is 32.4 Å². The number of nitrogens with zero attached hydrogens (tertiary/aromatic N) is 1. The molecule has 0 radical (unpaired) electrons. The summed E-state index contributed by atoms with van der Waals surface area (Å²) in [5.41, 5.74) is 3.61. The van der Waals surface area contributed by atoms with Gasteiger partial charge in [-0.05, 0) is 30.0 Å². The number of anilines is 1. The Hall–Kier alpha value is -2.22. The fourth-order valence-corrected chi connectivity index (χ4v) is 5.55. The Morgan fingerprint density at radius 1 is 1.24 bits per heavy atom. The predicted octanol–water partition coefficient (Wildman–Crippen LogP) is 3.63. The quantitative estimate of drug-likeness (QED) is 0.714. The van der Waals surface area contributed by atoms with Crippen LogP contribution in [0.25, 0.3) is 0 Å². The number of methoxy groups -OCH3 is 1. The minimum Gasteiger partial charge on any atom is -0.465 e. The smallest absolute Gasteiger partial charge is 0.341 e. The van der Waals surface area contributed by atoms with Gasteiger partial charge in [-0.2, -0.15) is 0 Å². The second-order valence-electron chi connectivity index (χ2n) is 7.49. The van der Waals surface area contributed by atoms with Gasteiger partial charge in [-0.15, -0.1) is 11.3 Å². The van der Waals surface area contributed by atoms with Crippen LogP contribution in [0.5, 0.6) is 0 Å². The molecule has 29 heavy (non-hydrogen) atoms. The average Bonchev–Trinajstić information content (AvgIpc) is 3.31. The van der Waals surface area contributed by atoms with Crippen LogP contribution in [0.2, 0.25) is 0 Å². The highest BCUT2D eigenvalue weighted by atomic mass is 32.1. The van der Waals surface area contributed by atoms with Crippen LogP contribution in [0, 0.1) is 6.92 Å². The molecule has 2 aromatic rings. The van der Waals surface area contributed by atoms with Crippen molar-refractivity contribution in [1.82, 2.24) is 0 Å². The molecule has 1 spiro atoms. The first kappa shape index (κ1) is 20.1. The molecule has 1 fully saturated rings. The number of fused-ring (bicyclic) bond motifs is 1. The molecule has 2 heterocycles. The molecule has 1 aliphatic heterocycles. The highest BCUT2D eigenvalue weighted by molar-refractivity contribution is 7.17. The molecule has 6 nitrogen and oxygen atoms in total. The van der Waals surface area contributed by atoms with Crippen molar-refractivity contribution in [1.29, 1.82) is 0 Å². The fourth-order valence-electron chi connectivity index (χ4n) is 4.08. The van der Waals surface area contributed by atoms with Crippen molar-refractivity contribution in [3.05, 3.63) is 51.4 Å². The maximum absolute atomic E-state index is 12.7. The number of hydrogen-bond donors (Lipinski definition) is 0. The summed E-state index contributed by atoms with van der Waals surface area (Å²) in [5.74, 6) is -1.11. The molecular formula is C22H25NO5S. The molecule has 0 unspecified atom stereocenters. The number of amides is 1. The Labute approximate surface area is 174 Å². The molecular weight excluding hydrogens is 390 g/mol. The summed E-state index contributed by atoms with van der Waals surface area (Å²) in [6, 6.07) is 7.96. The van der Waals surface area contributed by atoms with E-state index in [9.17, 15) is 9.59 Å². The standard InChI is InChI=1S/C22H25NO5S/c1-14-6-4-5-7-16(14)13-23(15(2)24)20-19(21(25)26-3)17-8-9-22(12-18(17)29-20)27-10-11-28-22/h4-7H,8-13H2,1-3H3. The van der Waals surface area contributed by atoms with Crippen molar-refractivity contribution in [2.75, 3.05) is 25.2 Å². The van der Waals surface area contributed by atoms with Crippen LogP contribution in [0.1, 0.15) is 45.3 Å². The summed E-state index contributed by atoms with van der Waals surface area (Å²) in [6.07, 6.45) is 1.94. The predicted molar refractivity (Wildman–Crippen MR) is 110 cm³/mol. The number of ether oxygens (including phenoxy) is 3. The summed E-state index contributed by atoms with van der Waals surface area (Å²) in [7, 11) is 1.38. The molecule has 0 N–H and O–H groups in total. The van der Waals surface area contributed by atoms with E-state index in [0.717, 1.165) is 21.6 Å². The van der Waals surface area contributed by atoms with E-state index in [1.807, 2.05) is 31.2 Å². The first-order chi connectivity index (χ1) is 13.9. The minimum absolute atomic E-state index is 0.111. The lowest BCUT2D eigenvalue weighted by molar-refractivity contribution is -0.163. The van der Waals surface area contributed by atoms with Gasteiger partial charge < -0.3 is 14.2 Å². The van der Waals surface area contributed by atoms with E-state index in [-0.39, 0.29) is 5.91 Å². The van der Waals surface area contributed by atoms with Crippen molar-refractivity contribution in [3.8, 4) is 0 Å². The van der Waals surface area contributed by atoms with Gasteiger partial charge in [0, 0.05) is 24.6 Å². The second-order valence-corrected chi connectivity index (χ2v) is 8.58. The first-order valence-corrected chi connectivity index (χ1v) is 10.6. The highest BCUT2D eigenvalue weighted by Crippen LogP contribution is 2.45. The molecule has 0 bridgehead atoms. The number of carbonyl (C=O) groups excluding carboxylic acids is 2. The Morgan fingerprint density at radius 2 is 1.97 bits per heavy atom. The number of hydrogen-bond acceptors (Lipinski definition) is 6. The van der Waals surface area contributed by atoms with E-state index in [1.54, 1.807) is 4.90 Å². The van der Waals surface area contributed by atoms with E-state index in [2.05, 4.69) is 0 Å². The number of carbonyl (C=O) groups is 2. The van der Waals surface area contributed by atoms with Gasteiger partial charge in [-0.25, -0.2) is 4.79 Å². The Morgan fingerprint density at radius 3 is 2.62 bits per heavy atom. The first-order valence-electron chi connectivity index (χ1n) is 9.77. The zero-order valence-electron chi connectivity index (χ0n) is 16.9. The molecule has 1 aliphatic carbocycles. The average molecular weight is 416 g/mol. The Balaban J connectivity index is 1.77. The maximum atomic E-state index is 12.7. The van der Waals surface area contributed by atoms with E-state index < -0.39 is 11.8 Å². The normalized spacial score (nSPS) is 17.2. The van der Waals surface area contributed by atoms with Crippen LogP contribution in [-0.4, -0.2) is 38.0 Å². The van der Waals surface area contributed by atoms with Gasteiger partial charge in [-0.3, -0.25) is 9.69 Å². The molecule has 1 aromatic heterocycles. The topological polar surface area (TPSA) is 65.1 Å². The highest BCUT2D eigenvalue weighted by Gasteiger charge is 2.43. The number of thiophene rings is 1. The third-order valence-electron chi connectivity index (χ3n) is 5.68. The monoisotopic (exact) mass is 415 g/mol. The van der Waals surface area contributed by atoms with E-state index in [4.69, 9.17) is 14.2 Å². The van der Waals surface area contributed by atoms with Gasteiger partial charge in [0.15, 0.2) is 5.79 Å². The zero-order valence-corrected chi connectivity index (χ0v) is 17.8. The lowest BCUT2D eigenvalue weighted by Gasteiger charge is -2.31. The van der Waals surface area contributed by atoms with Crippen LogP contribution in [0.15, 0.2) is 24.3 Å². The molecule has 0 atom stereocenters. The summed E-state index contributed by atoms with van der Waals surface area (Å²) in [5, 5.41) is 0.646. The Kier molecular flexibility index (Phi) is 5.46. The van der Waals surface area contributed by atoms with E-state index in [0.29, 0.717) is 49.6 Å². The van der Waals surface area contributed by atoms with Gasteiger partial charge >= 0.3 is 5.97 Å². The number of benzene rings is 1. The second kappa shape index (κ2) is 7.89. The molecule has 7 heteroatoms. The summed E-state index contributed by atoms with van der Waals surface area (Å²) < 4.78 is 16.9. The molecule has 0 saturated carbocycles. The summed E-state index contributed by atoms with van der Waals surface area (Å²) in [4.78, 5) is 28.0. The molecule has 4 rings (SSSR count). The third-order valence-corrected chi connectivity index (χ3v) is 6.93. The van der Waals surface area contributed by atoms with Gasteiger partial charge in [0.2, 0.25) is 5.91 Å². The van der Waals surface area contributed by atoms with Crippen molar-refractivity contribution in [3.63, 3.8) is 0 Å². The Bertz CT molecular complexity index is 945. The maximum Gasteiger partial charge on any atom is 0.341 e. The molecule has 1 saturated heterocycles. The molecule has 1 aromatic carbocycles. The van der Waals surface area contributed by atoms with Gasteiger partial charge in [0.1, 0.15) is 5.00 Å². The summed E-state index contributed by atoms with van der Waals surface area (Å²) in [6.45, 7) is 5.13. The van der Waals surface area contributed by atoms with Crippen LogP contribution >= 0.6 is 11.3 Å². The largest absolute Gasteiger partial charge is 0.465 e. The number of rotatable bonds is 4. The molecule has 1 amide bonds. The summed E-state index contributed by atoms with van der Waals surface area (Å²) >= 11 is 1.47. The third kappa shape index (κ3) is 3.70. The number of aryl methyl sites for hydroxylation is 1. The SMILES string of the molecule is COC(=O)c1c(N(Cc2ccccc2C)C(C)=O)sc2c1CCC1(C2)OCCO1. The van der Waals surface area contributed by atoms with Crippen LogP contribution < -0.4 is 4.90 Å². The lowest BCUT2D eigenvalue weighted by Crippen LogP contribution is -2.36. The molecule has 2 aliphatic rings. The van der Waals surface area contributed by atoms with E-state index >= 15 is 0 Å². The fraction of sp³-hybridized carbons (Fsp3) is 0.455. The van der Waals surface area contributed by atoms with Gasteiger partial charge in [-0.1, -0.05) is 24.3 Å². The van der Waals surface area contributed by atoms with Gasteiger partial charge in [0.25, 0.3) is 0 Å².